The Morgan fingerprint density at radius 3 is 2.79 bits per heavy atom. The first kappa shape index (κ1) is 18.8. The summed E-state index contributed by atoms with van der Waals surface area (Å²) in [5.74, 6) is 0.714. The molecule has 0 fully saturated rings. The van der Waals surface area contributed by atoms with Crippen LogP contribution >= 0.6 is 22.9 Å². The molecule has 4 rings (SSSR count). The number of hydrogen-bond acceptors (Lipinski definition) is 4. The first-order chi connectivity index (χ1) is 13.5. The fourth-order valence-corrected chi connectivity index (χ4v) is 5.19. The number of hydrogen-bond donors (Lipinski definition) is 0. The van der Waals surface area contributed by atoms with Crippen LogP contribution in [0.3, 0.4) is 0 Å². The van der Waals surface area contributed by atoms with E-state index >= 15 is 0 Å². The van der Waals surface area contributed by atoms with E-state index in [0.717, 1.165) is 37.6 Å². The highest BCUT2D eigenvalue weighted by Gasteiger charge is 2.31. The van der Waals surface area contributed by atoms with E-state index in [1.165, 1.54) is 23.0 Å². The average molecular weight is 410 g/mol. The molecule has 3 aromatic rings. The Balaban J connectivity index is 1.86. The van der Waals surface area contributed by atoms with Gasteiger partial charge in [-0.3, -0.25) is 4.79 Å². The Bertz CT molecular complexity index is 1060. The molecule has 28 heavy (non-hydrogen) atoms. The first-order valence-electron chi connectivity index (χ1n) is 9.07. The third-order valence-electron chi connectivity index (χ3n) is 4.99. The molecule has 0 unspecified atom stereocenters. The highest BCUT2D eigenvalue weighted by Crippen LogP contribution is 2.42. The van der Waals surface area contributed by atoms with Crippen LogP contribution in [-0.4, -0.2) is 27.3 Å². The van der Waals surface area contributed by atoms with E-state index in [2.05, 4.69) is 28.7 Å². The molecule has 2 aromatic heterocycles. The van der Waals surface area contributed by atoms with Crippen molar-refractivity contribution in [3.05, 3.63) is 80.9 Å². The molecule has 0 saturated heterocycles. The van der Waals surface area contributed by atoms with Crippen LogP contribution in [0.4, 0.5) is 0 Å². The van der Waals surface area contributed by atoms with Crippen molar-refractivity contribution in [1.82, 2.24) is 14.9 Å². The van der Waals surface area contributed by atoms with Gasteiger partial charge < -0.3 is 4.90 Å². The Hall–Kier alpha value is -2.50. The fourth-order valence-electron chi connectivity index (χ4n) is 3.84. The Kier molecular flexibility index (Phi) is 5.04. The lowest BCUT2D eigenvalue weighted by molar-refractivity contribution is -0.127. The second kappa shape index (κ2) is 7.49. The smallest absolute Gasteiger partial charge is 0.246 e. The van der Waals surface area contributed by atoms with Crippen molar-refractivity contribution < 1.29 is 4.79 Å². The van der Waals surface area contributed by atoms with Crippen molar-refractivity contribution in [2.75, 3.05) is 6.54 Å². The molecule has 3 heterocycles. The topological polar surface area (TPSA) is 46.1 Å². The molecule has 1 amide bonds. The normalized spacial score (nSPS) is 16.0. The maximum absolute atomic E-state index is 12.4. The van der Waals surface area contributed by atoms with E-state index in [0.29, 0.717) is 13.1 Å². The molecule has 0 saturated carbocycles. The largest absolute Gasteiger partial charge is 0.333 e. The van der Waals surface area contributed by atoms with Crippen LogP contribution in [0, 0.1) is 13.8 Å². The quantitative estimate of drug-likeness (QED) is 0.563. The zero-order chi connectivity index (χ0) is 19.8. The second-order valence-electron chi connectivity index (χ2n) is 6.93. The minimum absolute atomic E-state index is 0.0307. The van der Waals surface area contributed by atoms with E-state index < -0.39 is 0 Å². The molecule has 1 atom stereocenters. The number of fused-ring (bicyclic) bond motifs is 1. The second-order valence-corrected chi connectivity index (χ2v) is 8.70. The average Bonchev–Trinajstić information content (AvgIpc) is 3.06. The lowest BCUT2D eigenvalue weighted by Gasteiger charge is -2.33. The molecule has 0 N–H and O–H groups in total. The van der Waals surface area contributed by atoms with E-state index in [-0.39, 0.29) is 11.8 Å². The third-order valence-corrected chi connectivity index (χ3v) is 6.25. The predicted molar refractivity (Wildman–Crippen MR) is 114 cm³/mol. The summed E-state index contributed by atoms with van der Waals surface area (Å²) >= 11 is 7.88. The standard InChI is InChI=1S/C22H20ClN3OS/c1-4-22(27)26-11-18(17-10-21(23)28-20(17)12-26)15-7-5-6-8-16(15)19-9-13(2)24-14(3)25-19/h4-10,18H,1,11-12H2,2-3H3/t18-/m0/s1. The number of carbonyl (C=O) groups excluding carboxylic acids is 1. The van der Waals surface area contributed by atoms with E-state index in [1.54, 1.807) is 0 Å². The number of halogens is 1. The summed E-state index contributed by atoms with van der Waals surface area (Å²) in [6, 6.07) is 12.3. The number of aryl methyl sites for hydroxylation is 2. The lowest BCUT2D eigenvalue weighted by Crippen LogP contribution is -2.37. The highest BCUT2D eigenvalue weighted by molar-refractivity contribution is 7.16. The molecule has 142 valence electrons. The minimum Gasteiger partial charge on any atom is -0.333 e. The zero-order valence-corrected chi connectivity index (χ0v) is 17.3. The third kappa shape index (κ3) is 3.48. The number of nitrogens with zero attached hydrogens (tertiary/aromatic N) is 3. The number of aromatic nitrogens is 2. The molecule has 1 aromatic carbocycles. The number of carbonyl (C=O) groups is 1. The van der Waals surface area contributed by atoms with Crippen LogP contribution in [0.1, 0.15) is 33.4 Å². The van der Waals surface area contributed by atoms with Crippen LogP contribution in [0.5, 0.6) is 0 Å². The van der Waals surface area contributed by atoms with Gasteiger partial charge in [-0.2, -0.15) is 0 Å². The summed E-state index contributed by atoms with van der Waals surface area (Å²) in [7, 11) is 0. The summed E-state index contributed by atoms with van der Waals surface area (Å²) in [5.41, 5.74) is 5.22. The van der Waals surface area contributed by atoms with Gasteiger partial charge in [0.05, 0.1) is 16.6 Å². The zero-order valence-electron chi connectivity index (χ0n) is 15.8. The van der Waals surface area contributed by atoms with Gasteiger partial charge in [0.2, 0.25) is 5.91 Å². The van der Waals surface area contributed by atoms with Gasteiger partial charge in [-0.25, -0.2) is 9.97 Å². The number of rotatable bonds is 3. The van der Waals surface area contributed by atoms with Gasteiger partial charge in [0.25, 0.3) is 0 Å². The maximum Gasteiger partial charge on any atom is 0.246 e. The van der Waals surface area contributed by atoms with Crippen molar-refractivity contribution in [3.63, 3.8) is 0 Å². The first-order valence-corrected chi connectivity index (χ1v) is 10.3. The summed E-state index contributed by atoms with van der Waals surface area (Å²) < 4.78 is 0.745. The molecule has 4 nitrogen and oxygen atoms in total. The summed E-state index contributed by atoms with van der Waals surface area (Å²) in [4.78, 5) is 24.4. The minimum atomic E-state index is -0.0635. The van der Waals surface area contributed by atoms with Crippen molar-refractivity contribution in [2.24, 2.45) is 0 Å². The number of thiophene rings is 1. The van der Waals surface area contributed by atoms with Crippen LogP contribution in [0.25, 0.3) is 11.3 Å². The molecule has 0 bridgehead atoms. The van der Waals surface area contributed by atoms with Gasteiger partial charge in [0.15, 0.2) is 0 Å². The van der Waals surface area contributed by atoms with Crippen LogP contribution in [0.15, 0.2) is 49.1 Å². The predicted octanol–water partition coefficient (Wildman–Crippen LogP) is 5.14. The Morgan fingerprint density at radius 2 is 2.04 bits per heavy atom. The number of amides is 1. The van der Waals surface area contributed by atoms with Gasteiger partial charge in [0, 0.05) is 28.6 Å². The van der Waals surface area contributed by atoms with Crippen molar-refractivity contribution in [1.29, 1.82) is 0 Å². The van der Waals surface area contributed by atoms with Crippen molar-refractivity contribution in [3.8, 4) is 11.3 Å². The summed E-state index contributed by atoms with van der Waals surface area (Å²) in [5, 5.41) is 0. The molecule has 6 heteroatoms. The van der Waals surface area contributed by atoms with Gasteiger partial charge in [-0.15, -0.1) is 11.3 Å². The lowest BCUT2D eigenvalue weighted by atomic mass is 9.84. The molecule has 1 aliphatic rings. The van der Waals surface area contributed by atoms with Gasteiger partial charge in [-0.05, 0) is 43.2 Å². The highest BCUT2D eigenvalue weighted by atomic mass is 35.5. The molecule has 0 aliphatic carbocycles. The van der Waals surface area contributed by atoms with E-state index in [9.17, 15) is 4.79 Å². The monoisotopic (exact) mass is 409 g/mol. The van der Waals surface area contributed by atoms with E-state index in [1.807, 2.05) is 43.0 Å². The SMILES string of the molecule is C=CC(=O)N1Cc2sc(Cl)cc2[C@H](c2ccccc2-c2cc(C)nc(C)n2)C1. The van der Waals surface area contributed by atoms with Crippen LogP contribution < -0.4 is 0 Å². The van der Waals surface area contributed by atoms with Gasteiger partial charge in [0.1, 0.15) is 5.82 Å². The molecule has 0 spiro atoms. The fraction of sp³-hybridized carbons (Fsp3) is 0.227. The molecule has 1 aliphatic heterocycles. The summed E-state index contributed by atoms with van der Waals surface area (Å²) in [6.07, 6.45) is 1.38. The Labute approximate surface area is 173 Å². The molecule has 0 radical (unpaired) electrons. The summed E-state index contributed by atoms with van der Waals surface area (Å²) in [6.45, 7) is 8.69. The maximum atomic E-state index is 12.4. The number of benzene rings is 1. The Morgan fingerprint density at radius 1 is 1.25 bits per heavy atom. The van der Waals surface area contributed by atoms with Gasteiger partial charge in [-0.1, -0.05) is 42.4 Å². The molecular weight excluding hydrogens is 390 g/mol. The van der Waals surface area contributed by atoms with E-state index in [4.69, 9.17) is 11.6 Å². The van der Waals surface area contributed by atoms with Crippen molar-refractivity contribution >= 4 is 28.8 Å². The van der Waals surface area contributed by atoms with Crippen molar-refractivity contribution in [2.45, 2.75) is 26.3 Å². The van der Waals surface area contributed by atoms with Gasteiger partial charge >= 0.3 is 0 Å². The van der Waals surface area contributed by atoms with Crippen LogP contribution in [0.2, 0.25) is 4.34 Å². The molecular formula is C22H20ClN3OS. The van der Waals surface area contributed by atoms with Crippen LogP contribution in [-0.2, 0) is 11.3 Å².